The van der Waals surface area contributed by atoms with Crippen LogP contribution in [0.15, 0.2) is 24.3 Å². The zero-order chi connectivity index (χ0) is 23.4. The topological polar surface area (TPSA) is 73.6 Å². The number of carbonyl (C=O) groups is 1. The highest BCUT2D eigenvalue weighted by Gasteiger charge is 2.25. The lowest BCUT2D eigenvalue weighted by Gasteiger charge is -2.34. The molecule has 2 N–H and O–H groups in total. The molecule has 0 spiro atoms. The number of benzene rings is 1. The van der Waals surface area contributed by atoms with Gasteiger partial charge in [-0.2, -0.15) is 5.10 Å². The maximum Gasteiger partial charge on any atom is 0.253 e. The van der Waals surface area contributed by atoms with Gasteiger partial charge in [0.2, 0.25) is 0 Å². The van der Waals surface area contributed by atoms with Crippen molar-refractivity contribution in [3.8, 4) is 0 Å². The number of aliphatic hydroxyl groups is 1. The number of rotatable bonds is 7. The molecule has 2 fully saturated rings. The van der Waals surface area contributed by atoms with Crippen LogP contribution in [-0.2, 0) is 13.1 Å². The molecule has 7 heteroatoms. The van der Waals surface area contributed by atoms with E-state index in [-0.39, 0.29) is 18.4 Å². The van der Waals surface area contributed by atoms with Crippen molar-refractivity contribution in [1.29, 1.82) is 0 Å². The average molecular weight is 454 g/mol. The summed E-state index contributed by atoms with van der Waals surface area (Å²) < 4.78 is 2.08. The number of aliphatic hydroxyl groups excluding tert-OH is 1. The van der Waals surface area contributed by atoms with Crippen molar-refractivity contribution in [3.05, 3.63) is 46.8 Å². The van der Waals surface area contributed by atoms with Crippen LogP contribution in [0.1, 0.15) is 59.9 Å². The number of hydrogen-bond acceptors (Lipinski definition) is 5. The normalized spacial score (nSPS) is 19.8. The predicted molar refractivity (Wildman–Crippen MR) is 132 cm³/mol. The summed E-state index contributed by atoms with van der Waals surface area (Å²) in [6.07, 6.45) is 4.19. The van der Waals surface area contributed by atoms with Gasteiger partial charge in [0, 0.05) is 74.4 Å². The quantitative estimate of drug-likeness (QED) is 0.674. The molecule has 33 heavy (non-hydrogen) atoms. The van der Waals surface area contributed by atoms with Crippen LogP contribution in [0.5, 0.6) is 0 Å². The van der Waals surface area contributed by atoms with E-state index < -0.39 is 0 Å². The molecular formula is C26H39N5O2. The van der Waals surface area contributed by atoms with E-state index in [1.807, 2.05) is 17.0 Å². The molecule has 0 bridgehead atoms. The summed E-state index contributed by atoms with van der Waals surface area (Å²) in [6, 6.07) is 8.60. The van der Waals surface area contributed by atoms with Crippen molar-refractivity contribution in [2.75, 3.05) is 37.7 Å². The van der Waals surface area contributed by atoms with Gasteiger partial charge in [0.05, 0.1) is 5.69 Å². The highest BCUT2D eigenvalue weighted by Crippen LogP contribution is 2.23. The Hall–Kier alpha value is -2.38. The number of carbonyl (C=O) groups excluding carboxylic acids is 1. The molecule has 2 aliphatic rings. The Balaban J connectivity index is 1.27. The number of amides is 1. The number of nitrogens with zero attached hydrogens (tertiary/aromatic N) is 4. The lowest BCUT2D eigenvalue weighted by molar-refractivity contribution is 0.0620. The first kappa shape index (κ1) is 23.8. The van der Waals surface area contributed by atoms with E-state index in [0.29, 0.717) is 12.6 Å². The summed E-state index contributed by atoms with van der Waals surface area (Å²) in [5.41, 5.74) is 5.66. The van der Waals surface area contributed by atoms with Crippen LogP contribution in [0.3, 0.4) is 0 Å². The fourth-order valence-electron chi connectivity index (χ4n) is 5.28. The SMILES string of the molecule is CCn1nc(C)c(CNC2CCN(c3ccc(C(=O)N4CCC[C@H](CO)C4)cc3)CC2)c1C. The van der Waals surface area contributed by atoms with Gasteiger partial charge < -0.3 is 20.2 Å². The first-order valence-electron chi connectivity index (χ1n) is 12.5. The standard InChI is InChI=1S/C26H39N5O2/c1-4-31-20(3)25(19(2)28-31)16-27-23-11-14-29(15-12-23)24-9-7-22(8-10-24)26(33)30-13-5-6-21(17-30)18-32/h7-10,21,23,27,32H,4-6,11-18H2,1-3H3/t21-/m0/s1. The lowest BCUT2D eigenvalue weighted by atomic mass is 9.98. The van der Waals surface area contributed by atoms with Gasteiger partial charge in [0.25, 0.3) is 5.91 Å². The van der Waals surface area contributed by atoms with Crippen molar-refractivity contribution < 1.29 is 9.90 Å². The molecule has 1 atom stereocenters. The summed E-state index contributed by atoms with van der Waals surface area (Å²) in [7, 11) is 0. The van der Waals surface area contributed by atoms with Gasteiger partial charge in [-0.15, -0.1) is 0 Å². The van der Waals surface area contributed by atoms with Crippen molar-refractivity contribution in [1.82, 2.24) is 20.0 Å². The molecule has 0 saturated carbocycles. The van der Waals surface area contributed by atoms with Gasteiger partial charge >= 0.3 is 0 Å². The molecule has 1 amide bonds. The minimum Gasteiger partial charge on any atom is -0.396 e. The highest BCUT2D eigenvalue weighted by molar-refractivity contribution is 5.94. The third-order valence-corrected chi connectivity index (χ3v) is 7.44. The molecule has 0 radical (unpaired) electrons. The summed E-state index contributed by atoms with van der Waals surface area (Å²) in [5.74, 6) is 0.298. The molecule has 1 aromatic carbocycles. The van der Waals surface area contributed by atoms with E-state index in [1.54, 1.807) is 0 Å². The number of nitrogens with one attached hydrogen (secondary N) is 1. The zero-order valence-electron chi connectivity index (χ0n) is 20.4. The highest BCUT2D eigenvalue weighted by atomic mass is 16.3. The second-order valence-corrected chi connectivity index (χ2v) is 9.60. The van der Waals surface area contributed by atoms with Crippen molar-refractivity contribution >= 4 is 11.6 Å². The van der Waals surface area contributed by atoms with Crippen molar-refractivity contribution in [3.63, 3.8) is 0 Å². The molecule has 2 saturated heterocycles. The molecule has 180 valence electrons. The minimum atomic E-state index is 0.0830. The summed E-state index contributed by atoms with van der Waals surface area (Å²) in [5, 5.41) is 17.8. The van der Waals surface area contributed by atoms with E-state index in [9.17, 15) is 9.90 Å². The molecule has 7 nitrogen and oxygen atoms in total. The molecule has 0 aliphatic carbocycles. The Morgan fingerprint density at radius 3 is 2.48 bits per heavy atom. The number of piperidine rings is 2. The van der Waals surface area contributed by atoms with E-state index >= 15 is 0 Å². The van der Waals surface area contributed by atoms with Gasteiger partial charge in [-0.1, -0.05) is 0 Å². The molecule has 0 unspecified atom stereocenters. The number of likely N-dealkylation sites (tertiary alicyclic amines) is 1. The Kier molecular flexibility index (Phi) is 7.71. The number of anilines is 1. The average Bonchev–Trinajstić information content (AvgIpc) is 3.15. The van der Waals surface area contributed by atoms with Crippen LogP contribution < -0.4 is 10.2 Å². The van der Waals surface area contributed by atoms with Gasteiger partial charge in [-0.05, 0) is 76.6 Å². The fraction of sp³-hybridized carbons (Fsp3) is 0.615. The largest absolute Gasteiger partial charge is 0.396 e. The minimum absolute atomic E-state index is 0.0830. The first-order valence-corrected chi connectivity index (χ1v) is 12.5. The van der Waals surface area contributed by atoms with E-state index in [4.69, 9.17) is 0 Å². The summed E-state index contributed by atoms with van der Waals surface area (Å²) >= 11 is 0. The summed E-state index contributed by atoms with van der Waals surface area (Å²) in [4.78, 5) is 17.2. The fourth-order valence-corrected chi connectivity index (χ4v) is 5.28. The number of aromatic nitrogens is 2. The van der Waals surface area contributed by atoms with E-state index in [2.05, 4.69) is 52.9 Å². The number of hydrogen-bond donors (Lipinski definition) is 2. The zero-order valence-corrected chi connectivity index (χ0v) is 20.4. The molecule has 2 aliphatic heterocycles. The van der Waals surface area contributed by atoms with Gasteiger partial charge in [-0.3, -0.25) is 9.48 Å². The Morgan fingerprint density at radius 2 is 1.85 bits per heavy atom. The van der Waals surface area contributed by atoms with Crippen molar-refractivity contribution in [2.45, 2.75) is 65.6 Å². The van der Waals surface area contributed by atoms with Crippen LogP contribution in [0.4, 0.5) is 5.69 Å². The Labute approximate surface area is 197 Å². The van der Waals surface area contributed by atoms with Gasteiger partial charge in [0.1, 0.15) is 0 Å². The van der Waals surface area contributed by atoms with E-state index in [1.165, 1.54) is 16.9 Å². The first-order chi connectivity index (χ1) is 16.0. The third kappa shape index (κ3) is 5.41. The second-order valence-electron chi connectivity index (χ2n) is 9.60. The van der Waals surface area contributed by atoms with Crippen LogP contribution in [0.25, 0.3) is 0 Å². The summed E-state index contributed by atoms with van der Waals surface area (Å²) in [6.45, 7) is 11.8. The molecular weight excluding hydrogens is 414 g/mol. The molecule has 3 heterocycles. The van der Waals surface area contributed by atoms with Crippen LogP contribution in [0.2, 0.25) is 0 Å². The monoisotopic (exact) mass is 453 g/mol. The molecule has 1 aromatic heterocycles. The maximum absolute atomic E-state index is 12.9. The smallest absolute Gasteiger partial charge is 0.253 e. The molecule has 2 aromatic rings. The maximum atomic E-state index is 12.9. The second kappa shape index (κ2) is 10.7. The van der Waals surface area contributed by atoms with Gasteiger partial charge in [0.15, 0.2) is 0 Å². The predicted octanol–water partition coefficient (Wildman–Crippen LogP) is 3.12. The van der Waals surface area contributed by atoms with Crippen molar-refractivity contribution in [2.24, 2.45) is 5.92 Å². The lowest BCUT2D eigenvalue weighted by Crippen LogP contribution is -2.42. The van der Waals surface area contributed by atoms with Crippen LogP contribution >= 0.6 is 0 Å². The Bertz CT molecular complexity index is 931. The van der Waals surface area contributed by atoms with E-state index in [0.717, 1.165) is 69.7 Å². The number of aryl methyl sites for hydroxylation is 2. The third-order valence-electron chi connectivity index (χ3n) is 7.44. The van der Waals surface area contributed by atoms with Crippen LogP contribution in [-0.4, -0.2) is 64.5 Å². The Morgan fingerprint density at radius 1 is 1.12 bits per heavy atom. The molecule has 4 rings (SSSR count). The van der Waals surface area contributed by atoms with Gasteiger partial charge in [-0.25, -0.2) is 0 Å². The van der Waals surface area contributed by atoms with Crippen LogP contribution in [0, 0.1) is 19.8 Å².